The number of para-hydroxylation sites is 1. The fourth-order valence-electron chi connectivity index (χ4n) is 5.40. The van der Waals surface area contributed by atoms with Crippen LogP contribution in [0.15, 0.2) is 91.1 Å². The molecule has 0 radical (unpaired) electrons. The van der Waals surface area contributed by atoms with Gasteiger partial charge in [0.05, 0.1) is 12.5 Å². The number of rotatable bonds is 9. The number of hydrogen-bond donors (Lipinski definition) is 3. The first-order valence-electron chi connectivity index (χ1n) is 13.5. The van der Waals surface area contributed by atoms with E-state index in [1.807, 2.05) is 84.9 Å². The third-order valence-corrected chi connectivity index (χ3v) is 7.45. The van der Waals surface area contributed by atoms with Gasteiger partial charge in [0.25, 0.3) is 0 Å². The summed E-state index contributed by atoms with van der Waals surface area (Å²) in [5.74, 6) is -0.906. The van der Waals surface area contributed by atoms with E-state index in [1.54, 1.807) is 18.1 Å². The molecule has 1 aliphatic heterocycles. The average molecular weight is 539 g/mol. The molecular formula is C32H34N4O4. The van der Waals surface area contributed by atoms with Crippen molar-refractivity contribution in [1.82, 2.24) is 20.1 Å². The number of nitrogens with one attached hydrogen (secondary N) is 2. The maximum atomic E-state index is 13.6. The molecule has 3 atom stereocenters. The molecule has 5 rings (SSSR count). The lowest BCUT2D eigenvalue weighted by Crippen LogP contribution is -2.54. The number of fused-ring (bicyclic) bond motifs is 1. The molecule has 8 heteroatoms. The standard InChI is InChI=1S/C32H34N4O4/c1-35(20-23-12-6-3-7-13-23)32(40)28(16-22-10-4-2-5-11-22)34-31(39)29-18-25(37)21-36(29)30(38)17-24-19-33-27-15-9-8-14-26(24)27/h2-15,19,25,28-29,33,37H,16-18,20-21H2,1H3,(H,34,39)/t25-,28-,29?/m1/s1. The van der Waals surface area contributed by atoms with Gasteiger partial charge in [0.15, 0.2) is 0 Å². The van der Waals surface area contributed by atoms with Crippen LogP contribution in [0.5, 0.6) is 0 Å². The van der Waals surface area contributed by atoms with Gasteiger partial charge in [0.1, 0.15) is 12.1 Å². The topological polar surface area (TPSA) is 106 Å². The number of amides is 3. The molecule has 3 amide bonds. The van der Waals surface area contributed by atoms with Crippen molar-refractivity contribution in [1.29, 1.82) is 0 Å². The first kappa shape index (κ1) is 27.1. The van der Waals surface area contributed by atoms with Crippen LogP contribution in [0.3, 0.4) is 0 Å². The van der Waals surface area contributed by atoms with E-state index in [9.17, 15) is 19.5 Å². The lowest BCUT2D eigenvalue weighted by atomic mass is 10.0. The van der Waals surface area contributed by atoms with Gasteiger partial charge in [-0.3, -0.25) is 14.4 Å². The summed E-state index contributed by atoms with van der Waals surface area (Å²) in [4.78, 5) is 46.8. The highest BCUT2D eigenvalue weighted by molar-refractivity contribution is 5.94. The summed E-state index contributed by atoms with van der Waals surface area (Å²) in [6.07, 6.45) is 1.53. The summed E-state index contributed by atoms with van der Waals surface area (Å²) in [5, 5.41) is 14.3. The molecule has 3 N–H and O–H groups in total. The van der Waals surface area contributed by atoms with Crippen molar-refractivity contribution >= 4 is 28.6 Å². The third-order valence-electron chi connectivity index (χ3n) is 7.45. The van der Waals surface area contributed by atoms with Gasteiger partial charge < -0.3 is 25.2 Å². The van der Waals surface area contributed by atoms with Crippen LogP contribution in [0, 0.1) is 0 Å². The molecule has 1 fully saturated rings. The Hall–Kier alpha value is -4.43. The van der Waals surface area contributed by atoms with Crippen molar-refractivity contribution in [2.75, 3.05) is 13.6 Å². The fourth-order valence-corrected chi connectivity index (χ4v) is 5.40. The van der Waals surface area contributed by atoms with Crippen molar-refractivity contribution in [3.05, 3.63) is 108 Å². The Morgan fingerprint density at radius 3 is 2.35 bits per heavy atom. The first-order valence-corrected chi connectivity index (χ1v) is 13.5. The van der Waals surface area contributed by atoms with Crippen LogP contribution in [-0.2, 0) is 33.8 Å². The van der Waals surface area contributed by atoms with Crippen LogP contribution < -0.4 is 5.32 Å². The number of carbonyl (C=O) groups is 3. The molecule has 2 heterocycles. The van der Waals surface area contributed by atoms with Crippen LogP contribution in [0.2, 0.25) is 0 Å². The Bertz CT molecular complexity index is 1470. The second-order valence-corrected chi connectivity index (χ2v) is 10.4. The summed E-state index contributed by atoms with van der Waals surface area (Å²) >= 11 is 0. The van der Waals surface area contributed by atoms with E-state index < -0.39 is 24.1 Å². The van der Waals surface area contributed by atoms with Gasteiger partial charge in [-0.25, -0.2) is 0 Å². The molecule has 4 aromatic rings. The predicted molar refractivity (Wildman–Crippen MR) is 153 cm³/mol. The van der Waals surface area contributed by atoms with Crippen molar-refractivity contribution < 1.29 is 19.5 Å². The Kier molecular flexibility index (Phi) is 8.26. The monoisotopic (exact) mass is 538 g/mol. The minimum atomic E-state index is -0.863. The highest BCUT2D eigenvalue weighted by Crippen LogP contribution is 2.23. The van der Waals surface area contributed by atoms with Gasteiger partial charge in [0.2, 0.25) is 17.7 Å². The number of likely N-dealkylation sites (N-methyl/N-ethyl adjacent to an activating group) is 1. The number of aliphatic hydroxyl groups excluding tert-OH is 1. The maximum Gasteiger partial charge on any atom is 0.245 e. The molecule has 0 spiro atoms. The number of carbonyl (C=O) groups excluding carboxylic acids is 3. The molecular weight excluding hydrogens is 504 g/mol. The van der Waals surface area contributed by atoms with E-state index in [4.69, 9.17) is 0 Å². The number of β-amino-alcohol motifs (C(OH)–C–C–N with tert-alkyl or cyclic N) is 1. The van der Waals surface area contributed by atoms with E-state index in [0.29, 0.717) is 13.0 Å². The number of aromatic nitrogens is 1. The second kappa shape index (κ2) is 12.2. The molecule has 1 aromatic heterocycles. The smallest absolute Gasteiger partial charge is 0.245 e. The Balaban J connectivity index is 1.32. The van der Waals surface area contributed by atoms with Crippen LogP contribution in [-0.4, -0.2) is 69.4 Å². The molecule has 8 nitrogen and oxygen atoms in total. The number of aromatic amines is 1. The van der Waals surface area contributed by atoms with E-state index >= 15 is 0 Å². The van der Waals surface area contributed by atoms with E-state index in [0.717, 1.165) is 27.6 Å². The molecule has 206 valence electrons. The molecule has 1 unspecified atom stereocenters. The van der Waals surface area contributed by atoms with Crippen molar-refractivity contribution in [2.24, 2.45) is 0 Å². The van der Waals surface area contributed by atoms with Gasteiger partial charge in [-0.1, -0.05) is 78.9 Å². The molecule has 1 aliphatic rings. The zero-order valence-corrected chi connectivity index (χ0v) is 22.5. The highest BCUT2D eigenvalue weighted by atomic mass is 16.3. The Labute approximate surface area is 233 Å². The number of benzene rings is 3. The maximum absolute atomic E-state index is 13.6. The number of likely N-dealkylation sites (tertiary alicyclic amines) is 1. The van der Waals surface area contributed by atoms with Gasteiger partial charge >= 0.3 is 0 Å². The van der Waals surface area contributed by atoms with Crippen LogP contribution in [0.25, 0.3) is 10.9 Å². The third kappa shape index (κ3) is 6.24. The van der Waals surface area contributed by atoms with Gasteiger partial charge in [-0.15, -0.1) is 0 Å². The molecule has 1 saturated heterocycles. The van der Waals surface area contributed by atoms with E-state index in [2.05, 4.69) is 10.3 Å². The second-order valence-electron chi connectivity index (χ2n) is 10.4. The number of nitrogens with zero attached hydrogens (tertiary/aromatic N) is 2. The van der Waals surface area contributed by atoms with Gasteiger partial charge in [-0.05, 0) is 22.8 Å². The molecule has 40 heavy (non-hydrogen) atoms. The molecule has 0 aliphatic carbocycles. The van der Waals surface area contributed by atoms with Crippen LogP contribution >= 0.6 is 0 Å². The van der Waals surface area contributed by atoms with E-state index in [1.165, 1.54) is 4.90 Å². The zero-order valence-electron chi connectivity index (χ0n) is 22.5. The number of H-pyrrole nitrogens is 1. The summed E-state index contributed by atoms with van der Waals surface area (Å²) in [7, 11) is 1.72. The number of aliphatic hydroxyl groups is 1. The molecule has 0 bridgehead atoms. The predicted octanol–water partition coefficient (Wildman–Crippen LogP) is 3.06. The Morgan fingerprint density at radius 2 is 1.62 bits per heavy atom. The van der Waals surface area contributed by atoms with E-state index in [-0.39, 0.29) is 31.2 Å². The minimum absolute atomic E-state index is 0.0739. The zero-order chi connectivity index (χ0) is 28.1. The van der Waals surface area contributed by atoms with Crippen molar-refractivity contribution in [3.63, 3.8) is 0 Å². The lowest BCUT2D eigenvalue weighted by Gasteiger charge is -2.28. The lowest BCUT2D eigenvalue weighted by molar-refractivity contribution is -0.140. The summed E-state index contributed by atoms with van der Waals surface area (Å²) < 4.78 is 0. The molecule has 3 aromatic carbocycles. The molecule has 0 saturated carbocycles. The van der Waals surface area contributed by atoms with Crippen LogP contribution in [0.4, 0.5) is 0 Å². The summed E-state index contributed by atoms with van der Waals surface area (Å²) in [5.41, 5.74) is 3.66. The van der Waals surface area contributed by atoms with Crippen molar-refractivity contribution in [2.45, 2.75) is 44.0 Å². The quantitative estimate of drug-likeness (QED) is 0.305. The Morgan fingerprint density at radius 1 is 0.975 bits per heavy atom. The normalized spacial score (nSPS) is 17.5. The van der Waals surface area contributed by atoms with Gasteiger partial charge in [0, 0.05) is 50.1 Å². The summed E-state index contributed by atoms with van der Waals surface area (Å²) in [6, 6.07) is 25.2. The number of hydrogen-bond acceptors (Lipinski definition) is 4. The highest BCUT2D eigenvalue weighted by Gasteiger charge is 2.40. The SMILES string of the molecule is CN(Cc1ccccc1)C(=O)[C@@H](Cc1ccccc1)NC(=O)C1C[C@@H](O)CN1C(=O)Cc1c[nH]c2ccccc12. The summed E-state index contributed by atoms with van der Waals surface area (Å²) in [6.45, 7) is 0.475. The van der Waals surface area contributed by atoms with Crippen LogP contribution in [0.1, 0.15) is 23.1 Å². The fraction of sp³-hybridized carbons (Fsp3) is 0.281. The van der Waals surface area contributed by atoms with Crippen molar-refractivity contribution in [3.8, 4) is 0 Å². The van der Waals surface area contributed by atoms with Gasteiger partial charge in [-0.2, -0.15) is 0 Å². The first-order chi connectivity index (χ1) is 19.4. The minimum Gasteiger partial charge on any atom is -0.391 e. The largest absolute Gasteiger partial charge is 0.391 e. The average Bonchev–Trinajstić information content (AvgIpc) is 3.57.